The highest BCUT2D eigenvalue weighted by Crippen LogP contribution is 2.23. The monoisotopic (exact) mass is 344 g/mol. The first-order chi connectivity index (χ1) is 11.9. The van der Waals surface area contributed by atoms with E-state index in [-0.39, 0.29) is 10.6 Å². The van der Waals surface area contributed by atoms with Gasteiger partial charge in [0, 0.05) is 56.6 Å². The van der Waals surface area contributed by atoms with E-state index >= 15 is 0 Å². The van der Waals surface area contributed by atoms with Gasteiger partial charge in [-0.05, 0) is 26.8 Å². The number of anilines is 1. The Morgan fingerprint density at radius 3 is 2.40 bits per heavy atom. The molecule has 0 saturated carbocycles. The maximum absolute atomic E-state index is 10.9. The van der Waals surface area contributed by atoms with Gasteiger partial charge in [-0.15, -0.1) is 0 Å². The van der Waals surface area contributed by atoms with Crippen LogP contribution in [0.1, 0.15) is 22.5 Å². The van der Waals surface area contributed by atoms with Crippen molar-refractivity contribution in [2.45, 2.75) is 27.3 Å². The van der Waals surface area contributed by atoms with Gasteiger partial charge in [-0.1, -0.05) is 0 Å². The minimum absolute atomic E-state index is 0.0740. The van der Waals surface area contributed by atoms with E-state index in [1.807, 2.05) is 17.8 Å². The summed E-state index contributed by atoms with van der Waals surface area (Å²) in [6.07, 6.45) is 1.36. The maximum Gasteiger partial charge on any atom is 0.290 e. The van der Waals surface area contributed by atoms with Gasteiger partial charge in [-0.3, -0.25) is 19.7 Å². The smallest absolute Gasteiger partial charge is 0.290 e. The molecule has 1 aliphatic heterocycles. The van der Waals surface area contributed by atoms with Crippen molar-refractivity contribution < 1.29 is 4.92 Å². The molecule has 0 bridgehead atoms. The molecular formula is C17H24N6O2. The van der Waals surface area contributed by atoms with Crippen LogP contribution in [0.15, 0.2) is 12.3 Å². The Bertz CT molecular complexity index is 793. The van der Waals surface area contributed by atoms with Crippen LogP contribution in [0.3, 0.4) is 0 Å². The van der Waals surface area contributed by atoms with Crippen molar-refractivity contribution >= 4 is 11.5 Å². The number of rotatable bonds is 4. The first kappa shape index (κ1) is 17.3. The Hall–Kier alpha value is -2.48. The van der Waals surface area contributed by atoms with E-state index in [0.29, 0.717) is 5.56 Å². The van der Waals surface area contributed by atoms with Gasteiger partial charge in [-0.2, -0.15) is 5.10 Å². The summed E-state index contributed by atoms with van der Waals surface area (Å²) in [5.74, 6) is 0.816. The normalized spacial score (nSPS) is 15.6. The number of nitro groups is 1. The van der Waals surface area contributed by atoms with Crippen molar-refractivity contribution in [1.29, 1.82) is 0 Å². The second kappa shape index (κ2) is 6.79. The Labute approximate surface area is 147 Å². The number of hydrogen-bond acceptors (Lipinski definition) is 6. The van der Waals surface area contributed by atoms with Gasteiger partial charge in [0.25, 0.3) is 5.69 Å². The summed E-state index contributed by atoms with van der Waals surface area (Å²) in [4.78, 5) is 19.4. The summed E-state index contributed by atoms with van der Waals surface area (Å²) in [6.45, 7) is 10.4. The van der Waals surface area contributed by atoms with Crippen LogP contribution in [0.5, 0.6) is 0 Å². The lowest BCUT2D eigenvalue weighted by atomic mass is 10.1. The second-order valence-corrected chi connectivity index (χ2v) is 6.62. The van der Waals surface area contributed by atoms with Crippen molar-refractivity contribution in [3.05, 3.63) is 44.9 Å². The molecule has 25 heavy (non-hydrogen) atoms. The van der Waals surface area contributed by atoms with E-state index in [1.54, 1.807) is 6.92 Å². The molecule has 0 spiro atoms. The summed E-state index contributed by atoms with van der Waals surface area (Å²) in [5.41, 5.74) is 4.34. The molecule has 8 nitrogen and oxygen atoms in total. The molecule has 3 heterocycles. The lowest BCUT2D eigenvalue weighted by Crippen LogP contribution is -2.46. The lowest BCUT2D eigenvalue weighted by Gasteiger charge is -2.35. The highest BCUT2D eigenvalue weighted by molar-refractivity contribution is 5.48. The molecule has 0 radical (unpaired) electrons. The first-order valence-electron chi connectivity index (χ1n) is 8.44. The zero-order valence-electron chi connectivity index (χ0n) is 15.2. The minimum Gasteiger partial charge on any atom is -0.354 e. The summed E-state index contributed by atoms with van der Waals surface area (Å²) < 4.78 is 1.94. The van der Waals surface area contributed by atoms with Crippen LogP contribution in [0.25, 0.3) is 0 Å². The van der Waals surface area contributed by atoms with Gasteiger partial charge >= 0.3 is 0 Å². The molecule has 1 saturated heterocycles. The zero-order chi connectivity index (χ0) is 18.1. The van der Waals surface area contributed by atoms with E-state index in [1.165, 1.54) is 17.5 Å². The fourth-order valence-electron chi connectivity index (χ4n) is 3.30. The number of pyridine rings is 1. The van der Waals surface area contributed by atoms with Crippen molar-refractivity contribution in [2.24, 2.45) is 7.05 Å². The van der Waals surface area contributed by atoms with Crippen LogP contribution in [0.2, 0.25) is 0 Å². The Morgan fingerprint density at radius 2 is 1.88 bits per heavy atom. The molecule has 2 aromatic rings. The Kier molecular flexibility index (Phi) is 4.71. The standard InChI is InChI=1S/C17H24N6O2/c1-12-9-17(18-10-16(12)23(24)25)22-7-5-21(6-8-22)11-15-13(2)19-20(4)14(15)3/h9-10H,5-8,11H2,1-4H3. The largest absolute Gasteiger partial charge is 0.354 e. The van der Waals surface area contributed by atoms with E-state index in [4.69, 9.17) is 0 Å². The number of aryl methyl sites for hydroxylation is 3. The summed E-state index contributed by atoms with van der Waals surface area (Å²) in [7, 11) is 1.98. The molecule has 0 aromatic carbocycles. The molecule has 8 heteroatoms. The highest BCUT2D eigenvalue weighted by atomic mass is 16.6. The van der Waals surface area contributed by atoms with Crippen LogP contribution in [-0.2, 0) is 13.6 Å². The second-order valence-electron chi connectivity index (χ2n) is 6.62. The van der Waals surface area contributed by atoms with Crippen LogP contribution in [0, 0.1) is 30.9 Å². The number of hydrogen-bond donors (Lipinski definition) is 0. The quantitative estimate of drug-likeness (QED) is 0.623. The van der Waals surface area contributed by atoms with E-state index in [9.17, 15) is 10.1 Å². The molecule has 2 aromatic heterocycles. The SMILES string of the molecule is Cc1cc(N2CCN(Cc3c(C)nn(C)c3C)CC2)ncc1[N+](=O)[O-]. The topological polar surface area (TPSA) is 80.3 Å². The van der Waals surface area contributed by atoms with Crippen molar-refractivity contribution in [1.82, 2.24) is 19.7 Å². The molecule has 0 amide bonds. The summed E-state index contributed by atoms with van der Waals surface area (Å²) in [5, 5.41) is 15.4. The van der Waals surface area contributed by atoms with E-state index in [2.05, 4.69) is 33.7 Å². The molecule has 134 valence electrons. The third-order valence-corrected chi connectivity index (χ3v) is 5.00. The fraction of sp³-hybridized carbons (Fsp3) is 0.529. The predicted molar refractivity (Wildman–Crippen MR) is 95.8 cm³/mol. The molecule has 1 fully saturated rings. The molecule has 3 rings (SSSR count). The maximum atomic E-state index is 10.9. The van der Waals surface area contributed by atoms with Gasteiger partial charge in [-0.25, -0.2) is 4.98 Å². The van der Waals surface area contributed by atoms with Crippen molar-refractivity contribution in [3.63, 3.8) is 0 Å². The van der Waals surface area contributed by atoms with Crippen molar-refractivity contribution in [3.8, 4) is 0 Å². The highest BCUT2D eigenvalue weighted by Gasteiger charge is 2.22. The average Bonchev–Trinajstić information content (AvgIpc) is 2.81. The Morgan fingerprint density at radius 1 is 1.20 bits per heavy atom. The van der Waals surface area contributed by atoms with Gasteiger partial charge in [0.15, 0.2) is 0 Å². The number of piperazine rings is 1. The van der Waals surface area contributed by atoms with Crippen LogP contribution in [-0.4, -0.2) is 50.8 Å². The molecule has 0 atom stereocenters. The number of nitrogens with zero attached hydrogens (tertiary/aromatic N) is 6. The average molecular weight is 344 g/mol. The van der Waals surface area contributed by atoms with Crippen LogP contribution < -0.4 is 4.90 Å². The Balaban J connectivity index is 1.64. The van der Waals surface area contributed by atoms with Crippen molar-refractivity contribution in [2.75, 3.05) is 31.1 Å². The molecule has 0 unspecified atom stereocenters. The summed E-state index contributed by atoms with van der Waals surface area (Å²) >= 11 is 0. The van der Waals surface area contributed by atoms with E-state index in [0.717, 1.165) is 44.2 Å². The lowest BCUT2D eigenvalue weighted by molar-refractivity contribution is -0.385. The van der Waals surface area contributed by atoms with Gasteiger partial charge in [0.05, 0.1) is 10.6 Å². The zero-order valence-corrected chi connectivity index (χ0v) is 15.2. The minimum atomic E-state index is -0.386. The van der Waals surface area contributed by atoms with Gasteiger partial charge < -0.3 is 4.90 Å². The molecule has 1 aliphatic rings. The fourth-order valence-corrected chi connectivity index (χ4v) is 3.30. The first-order valence-corrected chi connectivity index (χ1v) is 8.44. The molecule has 0 N–H and O–H groups in total. The summed E-state index contributed by atoms with van der Waals surface area (Å²) in [6, 6.07) is 1.81. The van der Waals surface area contributed by atoms with Crippen LogP contribution >= 0.6 is 0 Å². The van der Waals surface area contributed by atoms with Gasteiger partial charge in [0.1, 0.15) is 12.0 Å². The van der Waals surface area contributed by atoms with Gasteiger partial charge in [0.2, 0.25) is 0 Å². The molecule has 0 aliphatic carbocycles. The van der Waals surface area contributed by atoms with E-state index < -0.39 is 0 Å². The third-order valence-electron chi connectivity index (χ3n) is 5.00. The third kappa shape index (κ3) is 3.48. The predicted octanol–water partition coefficient (Wildman–Crippen LogP) is 1.97. The molecular weight excluding hydrogens is 320 g/mol. The van der Waals surface area contributed by atoms with Crippen LogP contribution in [0.4, 0.5) is 11.5 Å². The number of aromatic nitrogens is 3.